The summed E-state index contributed by atoms with van der Waals surface area (Å²) in [5.74, 6) is -0.666. The number of rotatable bonds is 7. The molecule has 1 atom stereocenters. The van der Waals surface area contributed by atoms with Gasteiger partial charge >= 0.3 is 5.97 Å². The number of anilines is 1. The smallest absolute Gasteiger partial charge is 0.308 e. The SMILES string of the molecule is CC(C)OC(=O)CC(NC(=O)c1ccc(N(C)C)cc1)c1ccccc1Cl. The minimum Gasteiger partial charge on any atom is -0.463 e. The van der Waals surface area contributed by atoms with Crippen molar-refractivity contribution in [2.45, 2.75) is 32.4 Å². The van der Waals surface area contributed by atoms with E-state index in [4.69, 9.17) is 16.3 Å². The summed E-state index contributed by atoms with van der Waals surface area (Å²) in [5.41, 5.74) is 2.18. The maximum Gasteiger partial charge on any atom is 0.308 e. The van der Waals surface area contributed by atoms with E-state index in [1.807, 2.05) is 37.2 Å². The van der Waals surface area contributed by atoms with Crippen molar-refractivity contribution in [2.75, 3.05) is 19.0 Å². The molecule has 0 heterocycles. The lowest BCUT2D eigenvalue weighted by Gasteiger charge is -2.21. The molecule has 144 valence electrons. The predicted octanol–water partition coefficient (Wildman–Crippen LogP) is 4.22. The van der Waals surface area contributed by atoms with Gasteiger partial charge in [-0.1, -0.05) is 29.8 Å². The molecule has 0 saturated carbocycles. The van der Waals surface area contributed by atoms with E-state index < -0.39 is 12.0 Å². The molecule has 0 bridgehead atoms. The topological polar surface area (TPSA) is 58.6 Å². The van der Waals surface area contributed by atoms with Gasteiger partial charge in [0.15, 0.2) is 0 Å². The fraction of sp³-hybridized carbons (Fsp3) is 0.333. The minimum absolute atomic E-state index is 0.00341. The maximum atomic E-state index is 12.7. The third-order valence-electron chi connectivity index (χ3n) is 3.97. The van der Waals surface area contributed by atoms with Crippen LogP contribution in [0.2, 0.25) is 5.02 Å². The maximum absolute atomic E-state index is 12.7. The van der Waals surface area contributed by atoms with Gasteiger partial charge in [0.1, 0.15) is 0 Å². The molecule has 2 rings (SSSR count). The molecule has 0 fully saturated rings. The van der Waals surface area contributed by atoms with Gasteiger partial charge in [-0.15, -0.1) is 0 Å². The molecule has 0 aliphatic heterocycles. The summed E-state index contributed by atoms with van der Waals surface area (Å²) in [6.07, 6.45) is -0.220. The van der Waals surface area contributed by atoms with Crippen molar-refractivity contribution in [3.05, 3.63) is 64.7 Å². The van der Waals surface area contributed by atoms with E-state index >= 15 is 0 Å². The van der Waals surface area contributed by atoms with Crippen molar-refractivity contribution in [1.82, 2.24) is 5.32 Å². The Morgan fingerprint density at radius 3 is 2.26 bits per heavy atom. The molecule has 0 saturated heterocycles. The van der Waals surface area contributed by atoms with E-state index in [-0.39, 0.29) is 18.4 Å². The summed E-state index contributed by atoms with van der Waals surface area (Å²) in [5, 5.41) is 3.39. The first-order chi connectivity index (χ1) is 12.8. The lowest BCUT2D eigenvalue weighted by Crippen LogP contribution is -2.31. The Morgan fingerprint density at radius 1 is 1.07 bits per heavy atom. The molecular weight excluding hydrogens is 364 g/mol. The number of hydrogen-bond acceptors (Lipinski definition) is 4. The van der Waals surface area contributed by atoms with E-state index in [1.165, 1.54) is 0 Å². The molecule has 1 N–H and O–H groups in total. The first-order valence-electron chi connectivity index (χ1n) is 8.80. The molecule has 0 aromatic heterocycles. The second-order valence-corrected chi connectivity index (χ2v) is 7.14. The predicted molar refractivity (Wildman–Crippen MR) is 108 cm³/mol. The molecule has 0 spiro atoms. The molecular formula is C21H25ClN2O3. The Kier molecular flexibility index (Phi) is 7.25. The Morgan fingerprint density at radius 2 is 1.70 bits per heavy atom. The molecule has 1 amide bonds. The van der Waals surface area contributed by atoms with Crippen molar-refractivity contribution < 1.29 is 14.3 Å². The monoisotopic (exact) mass is 388 g/mol. The summed E-state index contributed by atoms with van der Waals surface area (Å²) in [6, 6.07) is 13.8. The Hall–Kier alpha value is -2.53. The largest absolute Gasteiger partial charge is 0.463 e. The number of hydrogen-bond donors (Lipinski definition) is 1. The number of nitrogens with zero attached hydrogens (tertiary/aromatic N) is 1. The van der Waals surface area contributed by atoms with E-state index in [1.54, 1.807) is 44.2 Å². The summed E-state index contributed by atoms with van der Waals surface area (Å²) >= 11 is 6.28. The Bertz CT molecular complexity index is 788. The van der Waals surface area contributed by atoms with E-state index in [2.05, 4.69) is 5.32 Å². The van der Waals surface area contributed by atoms with Crippen LogP contribution < -0.4 is 10.2 Å². The van der Waals surface area contributed by atoms with Crippen molar-refractivity contribution in [2.24, 2.45) is 0 Å². The normalized spacial score (nSPS) is 11.8. The van der Waals surface area contributed by atoms with Crippen molar-refractivity contribution in [3.8, 4) is 0 Å². The average Bonchev–Trinajstić information content (AvgIpc) is 2.61. The summed E-state index contributed by atoms with van der Waals surface area (Å²) in [7, 11) is 3.87. The molecule has 0 radical (unpaired) electrons. The molecule has 1 unspecified atom stereocenters. The van der Waals surface area contributed by atoms with Gasteiger partial charge in [0.05, 0.1) is 18.6 Å². The number of halogens is 1. The van der Waals surface area contributed by atoms with E-state index in [0.717, 1.165) is 5.69 Å². The number of amides is 1. The Balaban J connectivity index is 2.21. The van der Waals surface area contributed by atoms with Crippen LogP contribution in [0.3, 0.4) is 0 Å². The standard InChI is InChI=1S/C21H25ClN2O3/c1-14(2)27-20(25)13-19(17-7-5-6-8-18(17)22)23-21(26)15-9-11-16(12-10-15)24(3)4/h5-12,14,19H,13H2,1-4H3,(H,23,26). The molecule has 6 heteroatoms. The number of nitrogens with one attached hydrogen (secondary N) is 1. The van der Waals surface area contributed by atoms with Gasteiger partial charge in [-0.25, -0.2) is 0 Å². The highest BCUT2D eigenvalue weighted by Crippen LogP contribution is 2.26. The van der Waals surface area contributed by atoms with E-state index in [0.29, 0.717) is 16.1 Å². The third kappa shape index (κ3) is 6.00. The van der Waals surface area contributed by atoms with Gasteiger partial charge in [-0.3, -0.25) is 9.59 Å². The molecule has 2 aromatic rings. The van der Waals surface area contributed by atoms with Crippen molar-refractivity contribution in [1.29, 1.82) is 0 Å². The fourth-order valence-electron chi connectivity index (χ4n) is 2.63. The van der Waals surface area contributed by atoms with Gasteiger partial charge in [0.2, 0.25) is 0 Å². The van der Waals surface area contributed by atoms with Gasteiger partial charge < -0.3 is 15.0 Å². The van der Waals surface area contributed by atoms with Gasteiger partial charge in [0.25, 0.3) is 5.91 Å². The molecule has 0 aliphatic carbocycles. The molecule has 27 heavy (non-hydrogen) atoms. The van der Waals surface area contributed by atoms with Crippen LogP contribution in [0.1, 0.15) is 42.2 Å². The van der Waals surface area contributed by atoms with Crippen molar-refractivity contribution in [3.63, 3.8) is 0 Å². The third-order valence-corrected chi connectivity index (χ3v) is 4.31. The summed E-state index contributed by atoms with van der Waals surface area (Å²) < 4.78 is 5.23. The van der Waals surface area contributed by atoms with Gasteiger partial charge in [-0.05, 0) is 49.7 Å². The first-order valence-corrected chi connectivity index (χ1v) is 9.18. The second-order valence-electron chi connectivity index (χ2n) is 6.73. The van der Waals surface area contributed by atoms with Crippen LogP contribution in [-0.2, 0) is 9.53 Å². The van der Waals surface area contributed by atoms with Crippen LogP contribution >= 0.6 is 11.6 Å². The first kappa shape index (κ1) is 20.8. The van der Waals surface area contributed by atoms with Crippen LogP contribution in [0.5, 0.6) is 0 Å². The number of benzene rings is 2. The lowest BCUT2D eigenvalue weighted by molar-refractivity contribution is -0.147. The van der Waals surface area contributed by atoms with Gasteiger partial charge in [0, 0.05) is 30.4 Å². The number of carbonyl (C=O) groups excluding carboxylic acids is 2. The zero-order valence-corrected chi connectivity index (χ0v) is 16.8. The van der Waals surface area contributed by atoms with Gasteiger partial charge in [-0.2, -0.15) is 0 Å². The lowest BCUT2D eigenvalue weighted by atomic mass is 10.0. The highest BCUT2D eigenvalue weighted by atomic mass is 35.5. The van der Waals surface area contributed by atoms with Crippen LogP contribution in [0.25, 0.3) is 0 Å². The zero-order chi connectivity index (χ0) is 20.0. The van der Waals surface area contributed by atoms with Crippen LogP contribution in [0.4, 0.5) is 5.69 Å². The molecule has 5 nitrogen and oxygen atoms in total. The van der Waals surface area contributed by atoms with Crippen LogP contribution in [0, 0.1) is 0 Å². The quantitative estimate of drug-likeness (QED) is 0.721. The number of ether oxygens (including phenoxy) is 1. The van der Waals surface area contributed by atoms with Crippen LogP contribution in [-0.4, -0.2) is 32.1 Å². The summed E-state index contributed by atoms with van der Waals surface area (Å²) in [4.78, 5) is 26.8. The zero-order valence-electron chi connectivity index (χ0n) is 16.0. The highest BCUT2D eigenvalue weighted by Gasteiger charge is 2.22. The average molecular weight is 389 g/mol. The minimum atomic E-state index is -0.578. The number of carbonyl (C=O) groups is 2. The highest BCUT2D eigenvalue weighted by molar-refractivity contribution is 6.31. The molecule has 2 aromatic carbocycles. The van der Waals surface area contributed by atoms with Crippen molar-refractivity contribution >= 4 is 29.2 Å². The summed E-state index contributed by atoms with van der Waals surface area (Å²) in [6.45, 7) is 3.57. The van der Waals surface area contributed by atoms with Crippen LogP contribution in [0.15, 0.2) is 48.5 Å². The number of esters is 1. The Labute approximate surface area is 165 Å². The second kappa shape index (κ2) is 9.42. The van der Waals surface area contributed by atoms with E-state index in [9.17, 15) is 9.59 Å². The fourth-order valence-corrected chi connectivity index (χ4v) is 2.89. The molecule has 0 aliphatic rings.